The predicted octanol–water partition coefficient (Wildman–Crippen LogP) is 3.40. The van der Waals surface area contributed by atoms with Gasteiger partial charge in [0.2, 0.25) is 0 Å². The number of hydrogen-bond donors (Lipinski definition) is 2. The van der Waals surface area contributed by atoms with Crippen LogP contribution in [0.3, 0.4) is 0 Å². The van der Waals surface area contributed by atoms with Crippen LogP contribution in [0.4, 0.5) is 10.5 Å². The van der Waals surface area contributed by atoms with E-state index in [1.54, 1.807) is 28.9 Å². The van der Waals surface area contributed by atoms with E-state index >= 15 is 0 Å². The normalized spacial score (nSPS) is 10.4. The average Bonchev–Trinajstić information content (AvgIpc) is 3.02. The first-order valence-electron chi connectivity index (χ1n) is 6.95. The van der Waals surface area contributed by atoms with E-state index in [1.807, 2.05) is 24.3 Å². The highest BCUT2D eigenvalue weighted by Crippen LogP contribution is 2.15. The molecule has 0 bridgehead atoms. The van der Waals surface area contributed by atoms with E-state index in [9.17, 15) is 4.79 Å². The number of nitrogens with one attached hydrogen (secondary N) is 2. The van der Waals surface area contributed by atoms with Gasteiger partial charge in [-0.1, -0.05) is 33.6 Å². The fourth-order valence-electron chi connectivity index (χ4n) is 2.00. The van der Waals surface area contributed by atoms with Gasteiger partial charge in [-0.3, -0.25) is 0 Å². The van der Waals surface area contributed by atoms with Crippen LogP contribution in [0, 0.1) is 0 Å². The maximum absolute atomic E-state index is 12.0. The number of amides is 2. The van der Waals surface area contributed by atoms with E-state index in [0.29, 0.717) is 16.5 Å². The van der Waals surface area contributed by atoms with Crippen LogP contribution in [0.2, 0.25) is 5.02 Å². The van der Waals surface area contributed by atoms with Crippen LogP contribution in [-0.4, -0.2) is 26.2 Å². The molecule has 0 atom stereocenters. The molecule has 0 aliphatic carbocycles. The van der Waals surface area contributed by atoms with Crippen LogP contribution in [-0.2, 0) is 6.54 Å². The highest BCUT2D eigenvalue weighted by atomic mass is 79.9. The smallest absolute Gasteiger partial charge is 0.319 e. The first-order valence-corrected chi connectivity index (χ1v) is 8.12. The fourth-order valence-corrected chi connectivity index (χ4v) is 2.45. The molecule has 0 saturated heterocycles. The van der Waals surface area contributed by atoms with Crippen molar-refractivity contribution >= 4 is 39.2 Å². The van der Waals surface area contributed by atoms with Crippen LogP contribution < -0.4 is 10.6 Å². The molecular weight excluding hydrogens is 396 g/mol. The number of anilines is 1. The lowest BCUT2D eigenvalue weighted by atomic mass is 10.3. The van der Waals surface area contributed by atoms with E-state index in [1.165, 1.54) is 0 Å². The summed E-state index contributed by atoms with van der Waals surface area (Å²) in [5.74, 6) is 0.513. The highest BCUT2D eigenvalue weighted by Gasteiger charge is 2.10. The van der Waals surface area contributed by atoms with Crippen molar-refractivity contribution in [1.29, 1.82) is 0 Å². The Hall–Kier alpha value is -2.45. The zero-order chi connectivity index (χ0) is 16.9. The number of hydrogen-bond acceptors (Lipinski definition) is 4. The van der Waals surface area contributed by atoms with Gasteiger partial charge in [-0.2, -0.15) is 4.68 Å². The van der Waals surface area contributed by atoms with Gasteiger partial charge in [0.05, 0.1) is 12.2 Å². The molecule has 0 unspecified atom stereocenters. The van der Waals surface area contributed by atoms with E-state index in [4.69, 9.17) is 11.6 Å². The van der Waals surface area contributed by atoms with Gasteiger partial charge in [-0.05, 0) is 52.9 Å². The Bertz CT molecular complexity index is 851. The van der Waals surface area contributed by atoms with Crippen molar-refractivity contribution in [3.8, 4) is 5.69 Å². The first-order chi connectivity index (χ1) is 11.6. The summed E-state index contributed by atoms with van der Waals surface area (Å²) in [6.45, 7) is 0.176. The molecule has 0 spiro atoms. The van der Waals surface area contributed by atoms with Gasteiger partial charge in [0, 0.05) is 15.2 Å². The zero-order valence-corrected chi connectivity index (χ0v) is 14.6. The molecule has 7 nitrogen and oxygen atoms in total. The summed E-state index contributed by atoms with van der Waals surface area (Å²) in [5, 5.41) is 17.5. The largest absolute Gasteiger partial charge is 0.330 e. The number of carbonyl (C=O) groups is 1. The molecule has 122 valence electrons. The molecule has 2 aromatic carbocycles. The van der Waals surface area contributed by atoms with E-state index < -0.39 is 0 Å². The molecule has 9 heteroatoms. The second kappa shape index (κ2) is 7.41. The van der Waals surface area contributed by atoms with Crippen molar-refractivity contribution in [3.63, 3.8) is 0 Å². The summed E-state index contributed by atoms with van der Waals surface area (Å²) in [4.78, 5) is 12.0. The lowest BCUT2D eigenvalue weighted by Gasteiger charge is -2.08. The minimum Gasteiger partial charge on any atom is -0.330 e. The van der Waals surface area contributed by atoms with Gasteiger partial charge in [-0.25, -0.2) is 4.79 Å². The maximum atomic E-state index is 12.0. The zero-order valence-electron chi connectivity index (χ0n) is 12.3. The van der Waals surface area contributed by atoms with E-state index in [0.717, 1.165) is 10.2 Å². The first kappa shape index (κ1) is 16.4. The number of carbonyl (C=O) groups excluding carboxylic acids is 1. The number of rotatable bonds is 4. The van der Waals surface area contributed by atoms with Gasteiger partial charge in [-0.15, -0.1) is 5.10 Å². The van der Waals surface area contributed by atoms with Crippen LogP contribution >= 0.6 is 27.5 Å². The lowest BCUT2D eigenvalue weighted by Crippen LogP contribution is -2.29. The summed E-state index contributed by atoms with van der Waals surface area (Å²) in [7, 11) is 0. The third-order valence-electron chi connectivity index (χ3n) is 3.09. The van der Waals surface area contributed by atoms with E-state index in [-0.39, 0.29) is 12.6 Å². The molecule has 0 fully saturated rings. The second-order valence-corrected chi connectivity index (χ2v) is 6.15. The molecule has 0 radical (unpaired) electrons. The summed E-state index contributed by atoms with van der Waals surface area (Å²) >= 11 is 9.26. The Morgan fingerprint density at radius 3 is 2.75 bits per heavy atom. The van der Waals surface area contributed by atoms with Crippen molar-refractivity contribution < 1.29 is 4.79 Å². The van der Waals surface area contributed by atoms with Gasteiger partial charge >= 0.3 is 6.03 Å². The fraction of sp³-hybridized carbons (Fsp3) is 0.0667. The quantitative estimate of drug-likeness (QED) is 0.694. The molecule has 1 heterocycles. The molecule has 2 amide bonds. The van der Waals surface area contributed by atoms with E-state index in [2.05, 4.69) is 42.1 Å². The predicted molar refractivity (Wildman–Crippen MR) is 94.2 cm³/mol. The van der Waals surface area contributed by atoms with Crippen molar-refractivity contribution in [2.75, 3.05) is 5.32 Å². The van der Waals surface area contributed by atoms with Crippen LogP contribution in [0.1, 0.15) is 5.82 Å². The standard InChI is InChI=1S/C15H12BrClN6O/c16-10-4-6-13(7-5-10)23-14(20-21-22-23)9-18-15(24)19-12-3-1-2-11(17)8-12/h1-8H,9H2,(H2,18,19,24). The maximum Gasteiger partial charge on any atom is 0.319 e. The number of tetrazole rings is 1. The molecule has 24 heavy (non-hydrogen) atoms. The third kappa shape index (κ3) is 4.09. The Labute approximate surface area is 151 Å². The Morgan fingerprint density at radius 2 is 2.00 bits per heavy atom. The SMILES string of the molecule is O=C(NCc1nnnn1-c1ccc(Br)cc1)Nc1cccc(Cl)c1. The molecule has 0 aliphatic heterocycles. The summed E-state index contributed by atoms with van der Waals surface area (Å²) in [5.41, 5.74) is 1.41. The molecule has 2 N–H and O–H groups in total. The Balaban J connectivity index is 1.64. The van der Waals surface area contributed by atoms with Crippen molar-refractivity contribution in [1.82, 2.24) is 25.5 Å². The van der Waals surface area contributed by atoms with Crippen molar-refractivity contribution in [2.45, 2.75) is 6.54 Å². The summed E-state index contributed by atoms with van der Waals surface area (Å²) in [6.07, 6.45) is 0. The molecule has 3 rings (SSSR count). The minimum absolute atomic E-state index is 0.176. The molecular formula is C15H12BrClN6O. The van der Waals surface area contributed by atoms with Crippen LogP contribution in [0.15, 0.2) is 53.0 Å². The Kier molecular flexibility index (Phi) is 5.07. The summed E-state index contributed by atoms with van der Waals surface area (Å²) in [6, 6.07) is 14.0. The number of benzene rings is 2. The number of aromatic nitrogens is 4. The average molecular weight is 408 g/mol. The molecule has 1 aromatic heterocycles. The Morgan fingerprint density at radius 1 is 1.21 bits per heavy atom. The molecule has 0 saturated carbocycles. The second-order valence-electron chi connectivity index (χ2n) is 4.80. The minimum atomic E-state index is -0.373. The van der Waals surface area contributed by atoms with Gasteiger partial charge in [0.15, 0.2) is 5.82 Å². The topological polar surface area (TPSA) is 84.7 Å². The number of nitrogens with zero attached hydrogens (tertiary/aromatic N) is 4. The van der Waals surface area contributed by atoms with Gasteiger partial charge in [0.1, 0.15) is 0 Å². The van der Waals surface area contributed by atoms with Crippen molar-refractivity contribution in [2.24, 2.45) is 0 Å². The molecule has 3 aromatic rings. The summed E-state index contributed by atoms with van der Waals surface area (Å²) < 4.78 is 2.52. The molecule has 0 aliphatic rings. The third-order valence-corrected chi connectivity index (χ3v) is 3.86. The lowest BCUT2D eigenvalue weighted by molar-refractivity contribution is 0.251. The number of urea groups is 1. The number of halogens is 2. The van der Waals surface area contributed by atoms with Crippen LogP contribution in [0.25, 0.3) is 5.69 Å². The monoisotopic (exact) mass is 406 g/mol. The highest BCUT2D eigenvalue weighted by molar-refractivity contribution is 9.10. The van der Waals surface area contributed by atoms with Gasteiger partial charge < -0.3 is 10.6 Å². The van der Waals surface area contributed by atoms with Crippen LogP contribution in [0.5, 0.6) is 0 Å². The van der Waals surface area contributed by atoms with Gasteiger partial charge in [0.25, 0.3) is 0 Å². The van der Waals surface area contributed by atoms with Crippen molar-refractivity contribution in [3.05, 3.63) is 63.9 Å².